The van der Waals surface area contributed by atoms with Crippen molar-refractivity contribution in [2.75, 3.05) is 18.0 Å². The summed E-state index contributed by atoms with van der Waals surface area (Å²) in [6.45, 7) is 10.1. The van der Waals surface area contributed by atoms with Crippen LogP contribution in [-0.2, 0) is 26.2 Å². The van der Waals surface area contributed by atoms with Gasteiger partial charge in [0.2, 0.25) is 11.8 Å². The first-order valence-electron chi connectivity index (χ1n) is 13.2. The minimum Gasteiger partial charge on any atom is -0.495 e. The van der Waals surface area contributed by atoms with Crippen molar-refractivity contribution >= 4 is 27.5 Å². The zero-order valence-corrected chi connectivity index (χ0v) is 25.4. The molecule has 0 saturated heterocycles. The molecule has 3 rings (SSSR count). The number of carbonyl (C=O) groups is 2. The molecule has 0 fully saturated rings. The fourth-order valence-corrected chi connectivity index (χ4v) is 5.61. The van der Waals surface area contributed by atoms with Gasteiger partial charge < -0.3 is 15.0 Å². The summed E-state index contributed by atoms with van der Waals surface area (Å²) in [6, 6.07) is 16.0. The molecule has 0 saturated carbocycles. The van der Waals surface area contributed by atoms with Crippen LogP contribution in [0.4, 0.5) is 10.1 Å². The van der Waals surface area contributed by atoms with E-state index in [-0.39, 0.29) is 22.9 Å². The fraction of sp³-hybridized carbons (Fsp3) is 0.355. The Hall–Kier alpha value is -3.92. The van der Waals surface area contributed by atoms with Gasteiger partial charge in [0.25, 0.3) is 10.0 Å². The molecule has 2 amide bonds. The van der Waals surface area contributed by atoms with Crippen molar-refractivity contribution in [3.8, 4) is 5.75 Å². The topological polar surface area (TPSA) is 96.0 Å². The van der Waals surface area contributed by atoms with Crippen molar-refractivity contribution in [3.63, 3.8) is 0 Å². The van der Waals surface area contributed by atoms with Gasteiger partial charge in [0, 0.05) is 12.1 Å². The minimum absolute atomic E-state index is 0.00284. The largest absolute Gasteiger partial charge is 0.495 e. The van der Waals surface area contributed by atoms with Crippen LogP contribution in [0.25, 0.3) is 0 Å². The molecule has 220 valence electrons. The highest BCUT2D eigenvalue weighted by Crippen LogP contribution is 2.34. The van der Waals surface area contributed by atoms with Crippen LogP contribution < -0.4 is 14.4 Å². The maximum atomic E-state index is 14.1. The molecule has 10 heteroatoms. The zero-order chi connectivity index (χ0) is 30.5. The number of rotatable bonds is 10. The van der Waals surface area contributed by atoms with Crippen LogP contribution in [0.5, 0.6) is 5.75 Å². The summed E-state index contributed by atoms with van der Waals surface area (Å²) in [4.78, 5) is 28.5. The highest BCUT2D eigenvalue weighted by molar-refractivity contribution is 7.92. The van der Waals surface area contributed by atoms with E-state index >= 15 is 0 Å². The molecule has 0 aromatic heterocycles. The summed E-state index contributed by atoms with van der Waals surface area (Å²) in [5.74, 6) is -1.20. The minimum atomic E-state index is -4.25. The highest BCUT2D eigenvalue weighted by Gasteiger charge is 2.34. The van der Waals surface area contributed by atoms with Crippen LogP contribution in [0, 0.1) is 19.7 Å². The third kappa shape index (κ3) is 8.07. The van der Waals surface area contributed by atoms with Crippen molar-refractivity contribution in [1.82, 2.24) is 10.2 Å². The van der Waals surface area contributed by atoms with Gasteiger partial charge in [0.1, 0.15) is 24.2 Å². The molecule has 41 heavy (non-hydrogen) atoms. The second-order valence-corrected chi connectivity index (χ2v) is 12.9. The number of ether oxygens (including phenoxy) is 1. The Labute approximate surface area is 242 Å². The molecule has 0 heterocycles. The highest BCUT2D eigenvalue weighted by atomic mass is 32.2. The number of hydrogen-bond donors (Lipinski definition) is 1. The lowest BCUT2D eigenvalue weighted by molar-refractivity contribution is -0.140. The van der Waals surface area contributed by atoms with E-state index in [0.717, 1.165) is 15.4 Å². The van der Waals surface area contributed by atoms with Crippen LogP contribution in [0.3, 0.4) is 0 Å². The van der Waals surface area contributed by atoms with Crippen molar-refractivity contribution < 1.29 is 27.1 Å². The number of benzene rings is 3. The monoisotopic (exact) mass is 583 g/mol. The van der Waals surface area contributed by atoms with Crippen molar-refractivity contribution in [1.29, 1.82) is 0 Å². The molecule has 0 aliphatic heterocycles. The maximum Gasteiger partial charge on any atom is 0.264 e. The van der Waals surface area contributed by atoms with E-state index in [1.165, 1.54) is 48.4 Å². The van der Waals surface area contributed by atoms with Gasteiger partial charge in [-0.05, 0) is 89.1 Å². The second kappa shape index (κ2) is 12.7. The third-order valence-corrected chi connectivity index (χ3v) is 8.20. The summed E-state index contributed by atoms with van der Waals surface area (Å²) in [5.41, 5.74) is 1.85. The standard InChI is InChI=1S/C31H38FN3O5S/c1-21-8-15-26(16-9-21)41(38,39)35(27-18-22(2)10-17-28(27)40-7)20-29(36)34(19-24-11-13-25(32)14-12-24)23(3)30(37)33-31(4,5)6/h8-18,23H,19-20H2,1-7H3,(H,33,37)/t23-/m0/s1. The summed E-state index contributed by atoms with van der Waals surface area (Å²) in [5, 5.41) is 2.88. The van der Waals surface area contributed by atoms with Gasteiger partial charge in [-0.3, -0.25) is 13.9 Å². The molecular formula is C31H38FN3O5S. The Balaban J connectivity index is 2.10. The Bertz CT molecular complexity index is 1480. The lowest BCUT2D eigenvalue weighted by Crippen LogP contribution is -2.54. The SMILES string of the molecule is COc1ccc(C)cc1N(CC(=O)N(Cc1ccc(F)cc1)[C@@H](C)C(=O)NC(C)(C)C)S(=O)(=O)c1ccc(C)cc1. The number of aryl methyl sites for hydroxylation is 2. The summed E-state index contributed by atoms with van der Waals surface area (Å²) in [7, 11) is -2.82. The van der Waals surface area contributed by atoms with E-state index in [1.54, 1.807) is 44.2 Å². The average Bonchev–Trinajstić information content (AvgIpc) is 2.90. The lowest BCUT2D eigenvalue weighted by Gasteiger charge is -2.33. The molecule has 0 radical (unpaired) electrons. The quantitative estimate of drug-likeness (QED) is 0.363. The summed E-state index contributed by atoms with van der Waals surface area (Å²) in [6.07, 6.45) is 0. The third-order valence-electron chi connectivity index (χ3n) is 6.42. The maximum absolute atomic E-state index is 14.1. The van der Waals surface area contributed by atoms with Crippen molar-refractivity contribution in [3.05, 3.63) is 89.2 Å². The number of hydrogen-bond acceptors (Lipinski definition) is 5. The Morgan fingerprint density at radius 1 is 0.951 bits per heavy atom. The van der Waals surface area contributed by atoms with Gasteiger partial charge in [-0.1, -0.05) is 35.9 Å². The Morgan fingerprint density at radius 3 is 2.10 bits per heavy atom. The molecular weight excluding hydrogens is 545 g/mol. The number of anilines is 1. The second-order valence-electron chi connectivity index (χ2n) is 11.1. The molecule has 3 aromatic carbocycles. The van der Waals surface area contributed by atoms with E-state index in [4.69, 9.17) is 4.74 Å². The summed E-state index contributed by atoms with van der Waals surface area (Å²) >= 11 is 0. The predicted molar refractivity (Wildman–Crippen MR) is 158 cm³/mol. The zero-order valence-electron chi connectivity index (χ0n) is 24.6. The average molecular weight is 584 g/mol. The van der Waals surface area contributed by atoms with Crippen LogP contribution in [0.1, 0.15) is 44.4 Å². The molecule has 1 atom stereocenters. The van der Waals surface area contributed by atoms with Gasteiger partial charge in [-0.2, -0.15) is 0 Å². The van der Waals surface area contributed by atoms with Crippen molar-refractivity contribution in [2.45, 2.75) is 64.6 Å². The van der Waals surface area contributed by atoms with E-state index in [0.29, 0.717) is 5.56 Å². The number of carbonyl (C=O) groups excluding carboxylic acids is 2. The molecule has 1 N–H and O–H groups in total. The van der Waals surface area contributed by atoms with E-state index < -0.39 is 45.8 Å². The van der Waals surface area contributed by atoms with Gasteiger partial charge in [-0.15, -0.1) is 0 Å². The van der Waals surface area contributed by atoms with E-state index in [9.17, 15) is 22.4 Å². The van der Waals surface area contributed by atoms with Crippen LogP contribution in [-0.4, -0.2) is 50.4 Å². The van der Waals surface area contributed by atoms with E-state index in [1.807, 2.05) is 27.7 Å². The smallest absolute Gasteiger partial charge is 0.264 e. The number of nitrogens with zero attached hydrogens (tertiary/aromatic N) is 2. The molecule has 0 spiro atoms. The molecule has 0 aliphatic rings. The van der Waals surface area contributed by atoms with Gasteiger partial charge >= 0.3 is 0 Å². The number of sulfonamides is 1. The van der Waals surface area contributed by atoms with Gasteiger partial charge in [-0.25, -0.2) is 12.8 Å². The first kappa shape index (κ1) is 31.6. The summed E-state index contributed by atoms with van der Waals surface area (Å²) < 4.78 is 48.2. The number of nitrogens with one attached hydrogen (secondary N) is 1. The molecule has 0 unspecified atom stereocenters. The Morgan fingerprint density at radius 2 is 1.54 bits per heavy atom. The Kier molecular flexibility index (Phi) is 9.81. The molecule has 0 bridgehead atoms. The van der Waals surface area contributed by atoms with Gasteiger partial charge in [0.05, 0.1) is 17.7 Å². The normalized spacial score (nSPS) is 12.4. The first-order chi connectivity index (χ1) is 19.1. The van der Waals surface area contributed by atoms with E-state index in [2.05, 4.69) is 5.32 Å². The number of amides is 2. The molecule has 8 nitrogen and oxygen atoms in total. The molecule has 0 aliphatic carbocycles. The predicted octanol–water partition coefficient (Wildman–Crippen LogP) is 4.98. The lowest BCUT2D eigenvalue weighted by atomic mass is 10.1. The van der Waals surface area contributed by atoms with Crippen LogP contribution in [0.15, 0.2) is 71.6 Å². The first-order valence-corrected chi connectivity index (χ1v) is 14.7. The number of methoxy groups -OCH3 is 1. The molecule has 3 aromatic rings. The van der Waals surface area contributed by atoms with Crippen molar-refractivity contribution in [2.24, 2.45) is 0 Å². The van der Waals surface area contributed by atoms with Crippen LogP contribution >= 0.6 is 0 Å². The fourth-order valence-electron chi connectivity index (χ4n) is 4.19. The number of halogens is 1. The van der Waals surface area contributed by atoms with Gasteiger partial charge in [0.15, 0.2) is 0 Å². The van der Waals surface area contributed by atoms with Crippen LogP contribution in [0.2, 0.25) is 0 Å².